The lowest BCUT2D eigenvalue weighted by atomic mass is 10.2. The number of H-pyrrole nitrogens is 1. The molecule has 0 aromatic carbocycles. The van der Waals surface area contributed by atoms with Gasteiger partial charge < -0.3 is 10.7 Å². The van der Waals surface area contributed by atoms with Gasteiger partial charge in [0.15, 0.2) is 0 Å². The predicted octanol–water partition coefficient (Wildman–Crippen LogP) is 1.56. The van der Waals surface area contributed by atoms with Gasteiger partial charge in [-0.3, -0.25) is 9.59 Å². The Labute approximate surface area is 112 Å². The van der Waals surface area contributed by atoms with Crippen LogP contribution in [0.3, 0.4) is 0 Å². The van der Waals surface area contributed by atoms with E-state index in [9.17, 15) is 9.59 Å². The molecule has 2 aromatic heterocycles. The highest BCUT2D eigenvalue weighted by molar-refractivity contribution is 7.20. The van der Waals surface area contributed by atoms with Gasteiger partial charge in [-0.05, 0) is 18.9 Å². The van der Waals surface area contributed by atoms with Crippen molar-refractivity contribution in [3.05, 3.63) is 26.6 Å². The van der Waals surface area contributed by atoms with E-state index >= 15 is 0 Å². The van der Waals surface area contributed by atoms with Gasteiger partial charge in [0.1, 0.15) is 10.7 Å². The fourth-order valence-electron chi connectivity index (χ4n) is 1.78. The van der Waals surface area contributed by atoms with Crippen molar-refractivity contribution < 1.29 is 4.79 Å². The third-order valence-corrected chi connectivity index (χ3v) is 4.09. The van der Waals surface area contributed by atoms with Gasteiger partial charge in [0.05, 0.1) is 10.3 Å². The molecule has 0 aliphatic heterocycles. The molecule has 0 aliphatic carbocycles. The summed E-state index contributed by atoms with van der Waals surface area (Å²) < 4.78 is 0. The van der Waals surface area contributed by atoms with E-state index in [0.717, 1.165) is 17.8 Å². The number of carbonyl (C=O) groups is 1. The van der Waals surface area contributed by atoms with Crippen LogP contribution in [0.4, 0.5) is 0 Å². The van der Waals surface area contributed by atoms with E-state index in [1.165, 1.54) is 0 Å². The Kier molecular flexibility index (Phi) is 3.68. The van der Waals surface area contributed by atoms with Gasteiger partial charge in [-0.1, -0.05) is 0 Å². The molecule has 0 radical (unpaired) electrons. The van der Waals surface area contributed by atoms with Gasteiger partial charge in [0, 0.05) is 12.3 Å². The summed E-state index contributed by atoms with van der Waals surface area (Å²) in [5.41, 5.74) is 5.63. The van der Waals surface area contributed by atoms with Crippen molar-refractivity contribution in [1.29, 1.82) is 0 Å². The minimum Gasteiger partial charge on any atom is -0.365 e. The van der Waals surface area contributed by atoms with Crippen LogP contribution in [0.5, 0.6) is 0 Å². The number of aryl methyl sites for hydroxylation is 2. The number of thiophene rings is 1. The molecule has 18 heavy (non-hydrogen) atoms. The quantitative estimate of drug-likeness (QED) is 0.836. The summed E-state index contributed by atoms with van der Waals surface area (Å²) in [6, 6.07) is 0. The van der Waals surface area contributed by atoms with Gasteiger partial charge in [-0.15, -0.1) is 22.9 Å². The number of alkyl halides is 1. The molecule has 0 saturated carbocycles. The summed E-state index contributed by atoms with van der Waals surface area (Å²) in [6.07, 6.45) is 1.35. The summed E-state index contributed by atoms with van der Waals surface area (Å²) in [5, 5.41) is 0.448. The predicted molar refractivity (Wildman–Crippen MR) is 72.5 cm³/mol. The molecule has 5 nitrogen and oxygen atoms in total. The first-order chi connectivity index (χ1) is 8.54. The Hall–Kier alpha value is -1.40. The molecule has 2 aromatic rings. The first-order valence-electron chi connectivity index (χ1n) is 5.42. The highest BCUT2D eigenvalue weighted by Gasteiger charge is 2.17. The molecule has 0 atom stereocenters. The monoisotopic (exact) mass is 285 g/mol. The zero-order chi connectivity index (χ0) is 13.3. The van der Waals surface area contributed by atoms with Crippen LogP contribution in [0.1, 0.15) is 27.5 Å². The Bertz CT molecular complexity index is 662. The number of amides is 1. The lowest BCUT2D eigenvalue weighted by Gasteiger charge is -1.98. The van der Waals surface area contributed by atoms with E-state index in [0.29, 0.717) is 38.8 Å². The van der Waals surface area contributed by atoms with Crippen molar-refractivity contribution in [1.82, 2.24) is 9.97 Å². The van der Waals surface area contributed by atoms with Crippen molar-refractivity contribution in [2.24, 2.45) is 5.73 Å². The average molecular weight is 286 g/mol. The fourth-order valence-corrected chi connectivity index (χ4v) is 2.96. The SMILES string of the molecule is Cc1c(C(N)=O)sc2nc(CCCCl)[nH]c(=O)c12. The number of halogens is 1. The maximum atomic E-state index is 11.9. The van der Waals surface area contributed by atoms with Gasteiger partial charge in [-0.2, -0.15) is 0 Å². The lowest BCUT2D eigenvalue weighted by Crippen LogP contribution is -2.13. The maximum absolute atomic E-state index is 11.9. The molecule has 96 valence electrons. The van der Waals surface area contributed by atoms with Gasteiger partial charge in [-0.25, -0.2) is 4.98 Å². The van der Waals surface area contributed by atoms with Crippen LogP contribution in [-0.4, -0.2) is 21.8 Å². The van der Waals surface area contributed by atoms with Gasteiger partial charge in [0.2, 0.25) is 0 Å². The van der Waals surface area contributed by atoms with E-state index in [1.807, 2.05) is 0 Å². The molecule has 0 aliphatic rings. The van der Waals surface area contributed by atoms with E-state index in [2.05, 4.69) is 9.97 Å². The summed E-state index contributed by atoms with van der Waals surface area (Å²) in [5.74, 6) is 0.570. The number of nitrogens with one attached hydrogen (secondary N) is 1. The minimum atomic E-state index is -0.530. The number of aromatic amines is 1. The molecule has 0 bridgehead atoms. The number of carbonyl (C=O) groups excluding carboxylic acids is 1. The van der Waals surface area contributed by atoms with Crippen molar-refractivity contribution in [2.45, 2.75) is 19.8 Å². The Morgan fingerprint density at radius 3 is 2.89 bits per heavy atom. The summed E-state index contributed by atoms with van der Waals surface area (Å²) in [4.78, 5) is 31.2. The Morgan fingerprint density at radius 2 is 2.28 bits per heavy atom. The van der Waals surface area contributed by atoms with Crippen LogP contribution < -0.4 is 11.3 Å². The smallest absolute Gasteiger partial charge is 0.259 e. The summed E-state index contributed by atoms with van der Waals surface area (Å²) in [6.45, 7) is 1.70. The zero-order valence-corrected chi connectivity index (χ0v) is 11.3. The summed E-state index contributed by atoms with van der Waals surface area (Å²) >= 11 is 6.76. The normalized spacial score (nSPS) is 11.0. The van der Waals surface area contributed by atoms with Crippen molar-refractivity contribution >= 4 is 39.1 Å². The Morgan fingerprint density at radius 1 is 1.56 bits per heavy atom. The molecular weight excluding hydrogens is 274 g/mol. The maximum Gasteiger partial charge on any atom is 0.259 e. The number of nitrogens with two attached hydrogens (primary N) is 1. The number of nitrogens with zero attached hydrogens (tertiary/aromatic N) is 1. The third-order valence-electron chi connectivity index (χ3n) is 2.62. The van der Waals surface area contributed by atoms with Crippen LogP contribution in [0.25, 0.3) is 10.2 Å². The van der Waals surface area contributed by atoms with E-state index in [1.54, 1.807) is 6.92 Å². The van der Waals surface area contributed by atoms with E-state index in [4.69, 9.17) is 17.3 Å². The first-order valence-corrected chi connectivity index (χ1v) is 6.77. The average Bonchev–Trinajstić information content (AvgIpc) is 2.64. The number of aromatic nitrogens is 2. The van der Waals surface area contributed by atoms with Crippen LogP contribution in [-0.2, 0) is 6.42 Å². The van der Waals surface area contributed by atoms with Crippen LogP contribution in [0.15, 0.2) is 4.79 Å². The second-order valence-electron chi connectivity index (χ2n) is 3.91. The second-order valence-corrected chi connectivity index (χ2v) is 5.28. The zero-order valence-electron chi connectivity index (χ0n) is 9.75. The molecule has 3 N–H and O–H groups in total. The number of fused-ring (bicyclic) bond motifs is 1. The van der Waals surface area contributed by atoms with E-state index < -0.39 is 5.91 Å². The van der Waals surface area contributed by atoms with Crippen LogP contribution >= 0.6 is 22.9 Å². The topological polar surface area (TPSA) is 88.8 Å². The van der Waals surface area contributed by atoms with Gasteiger partial charge >= 0.3 is 0 Å². The largest absolute Gasteiger partial charge is 0.365 e. The molecule has 0 unspecified atom stereocenters. The Balaban J connectivity index is 2.60. The molecule has 1 amide bonds. The molecule has 0 spiro atoms. The third kappa shape index (κ3) is 2.26. The number of hydrogen-bond donors (Lipinski definition) is 2. The molecule has 2 rings (SSSR count). The lowest BCUT2D eigenvalue weighted by molar-refractivity contribution is 0.100. The fraction of sp³-hybridized carbons (Fsp3) is 0.364. The van der Waals surface area contributed by atoms with Crippen molar-refractivity contribution in [3.8, 4) is 0 Å². The second kappa shape index (κ2) is 5.07. The van der Waals surface area contributed by atoms with E-state index in [-0.39, 0.29) is 5.56 Å². The number of primary amides is 1. The molecule has 2 heterocycles. The molecule has 0 saturated heterocycles. The molecule has 7 heteroatoms. The minimum absolute atomic E-state index is 0.231. The molecular formula is C11H12ClN3O2S. The number of rotatable bonds is 4. The highest BCUT2D eigenvalue weighted by atomic mass is 35.5. The van der Waals surface area contributed by atoms with Crippen molar-refractivity contribution in [2.75, 3.05) is 5.88 Å². The van der Waals surface area contributed by atoms with Crippen LogP contribution in [0.2, 0.25) is 0 Å². The summed E-state index contributed by atoms with van der Waals surface area (Å²) in [7, 11) is 0. The first kappa shape index (κ1) is 13.0. The van der Waals surface area contributed by atoms with Crippen LogP contribution in [0, 0.1) is 6.92 Å². The molecule has 0 fully saturated rings. The number of hydrogen-bond acceptors (Lipinski definition) is 4. The standard InChI is InChI=1S/C11H12ClN3O2S/c1-5-7-10(17)14-6(3-2-4-12)15-11(7)18-8(5)9(13)16/h2-4H2,1H3,(H2,13,16)(H,14,15,17). The van der Waals surface area contributed by atoms with Crippen molar-refractivity contribution in [3.63, 3.8) is 0 Å². The van der Waals surface area contributed by atoms with Gasteiger partial charge in [0.25, 0.3) is 11.5 Å². The highest BCUT2D eigenvalue weighted by Crippen LogP contribution is 2.26.